The summed E-state index contributed by atoms with van der Waals surface area (Å²) in [5.41, 5.74) is 1.25. The number of aromatic hydroxyl groups is 1. The molecular weight excluding hydrogens is 196 g/mol. The van der Waals surface area contributed by atoms with Gasteiger partial charge in [0.25, 0.3) is 0 Å². The molecule has 0 fully saturated rings. The maximum absolute atomic E-state index is 10.4. The standard InChI is InChI=1S/C10H10N2O3/c13-8-3-1-2-7-10(8)12(6-11-7)5-4-9(14)15/h1-3,6,13H,4-5H2,(H,14,15). The summed E-state index contributed by atoms with van der Waals surface area (Å²) in [4.78, 5) is 14.5. The second-order valence-electron chi connectivity index (χ2n) is 3.23. The highest BCUT2D eigenvalue weighted by Crippen LogP contribution is 2.23. The molecule has 0 spiro atoms. The van der Waals surface area contributed by atoms with Crippen molar-refractivity contribution in [2.45, 2.75) is 13.0 Å². The van der Waals surface area contributed by atoms with Gasteiger partial charge in [-0.1, -0.05) is 6.07 Å². The zero-order valence-electron chi connectivity index (χ0n) is 7.92. The summed E-state index contributed by atoms with van der Waals surface area (Å²) in [5.74, 6) is -0.748. The van der Waals surface area contributed by atoms with E-state index in [2.05, 4.69) is 4.98 Å². The van der Waals surface area contributed by atoms with Gasteiger partial charge in [0, 0.05) is 6.54 Å². The molecule has 0 saturated carbocycles. The second kappa shape index (κ2) is 3.61. The number of aryl methyl sites for hydroxylation is 1. The van der Waals surface area contributed by atoms with Crippen LogP contribution in [0.2, 0.25) is 0 Å². The third-order valence-corrected chi connectivity index (χ3v) is 2.18. The van der Waals surface area contributed by atoms with Crippen LogP contribution in [0.15, 0.2) is 24.5 Å². The summed E-state index contributed by atoms with van der Waals surface area (Å²) in [6.07, 6.45) is 1.55. The smallest absolute Gasteiger partial charge is 0.305 e. The predicted octanol–water partition coefficient (Wildman–Crippen LogP) is 1.22. The molecule has 1 heterocycles. The average Bonchev–Trinajstić information content (AvgIpc) is 2.59. The van der Waals surface area contributed by atoms with Gasteiger partial charge in [-0.25, -0.2) is 4.98 Å². The van der Waals surface area contributed by atoms with E-state index in [9.17, 15) is 9.90 Å². The Kier molecular flexibility index (Phi) is 2.29. The lowest BCUT2D eigenvalue weighted by molar-refractivity contribution is -0.137. The van der Waals surface area contributed by atoms with E-state index in [-0.39, 0.29) is 12.2 Å². The number of nitrogens with zero attached hydrogens (tertiary/aromatic N) is 2. The van der Waals surface area contributed by atoms with Crippen molar-refractivity contribution in [1.29, 1.82) is 0 Å². The molecule has 0 unspecified atom stereocenters. The van der Waals surface area contributed by atoms with Gasteiger partial charge in [0.15, 0.2) is 0 Å². The lowest BCUT2D eigenvalue weighted by atomic mass is 10.3. The monoisotopic (exact) mass is 206 g/mol. The first kappa shape index (κ1) is 9.51. The molecular formula is C10H10N2O3. The van der Waals surface area contributed by atoms with Crippen LogP contribution in [0.4, 0.5) is 0 Å². The minimum atomic E-state index is -0.868. The number of aromatic nitrogens is 2. The maximum Gasteiger partial charge on any atom is 0.305 e. The Bertz CT molecular complexity index is 504. The first-order valence-electron chi connectivity index (χ1n) is 4.53. The van der Waals surface area contributed by atoms with Crippen molar-refractivity contribution in [2.75, 3.05) is 0 Å². The molecule has 0 radical (unpaired) electrons. The lowest BCUT2D eigenvalue weighted by Crippen LogP contribution is -2.03. The van der Waals surface area contributed by atoms with Crippen molar-refractivity contribution in [3.05, 3.63) is 24.5 Å². The van der Waals surface area contributed by atoms with Crippen LogP contribution >= 0.6 is 0 Å². The van der Waals surface area contributed by atoms with Crippen LogP contribution in [0.25, 0.3) is 11.0 Å². The number of hydrogen-bond donors (Lipinski definition) is 2. The zero-order valence-corrected chi connectivity index (χ0v) is 7.92. The second-order valence-corrected chi connectivity index (χ2v) is 3.23. The fourth-order valence-corrected chi connectivity index (χ4v) is 1.49. The molecule has 1 aromatic carbocycles. The Hall–Kier alpha value is -2.04. The number of phenols is 1. The van der Waals surface area contributed by atoms with Crippen LogP contribution in [0.3, 0.4) is 0 Å². The van der Waals surface area contributed by atoms with Crippen LogP contribution in [0.1, 0.15) is 6.42 Å². The van der Waals surface area contributed by atoms with Crippen LogP contribution in [-0.4, -0.2) is 25.7 Å². The number of rotatable bonds is 3. The first-order chi connectivity index (χ1) is 7.18. The number of hydrogen-bond acceptors (Lipinski definition) is 3. The summed E-state index contributed by atoms with van der Waals surface area (Å²) in [5, 5.41) is 18.2. The normalized spacial score (nSPS) is 10.7. The molecule has 2 N–H and O–H groups in total. The highest BCUT2D eigenvalue weighted by atomic mass is 16.4. The van der Waals surface area contributed by atoms with Crippen molar-refractivity contribution < 1.29 is 15.0 Å². The molecule has 15 heavy (non-hydrogen) atoms. The van der Waals surface area contributed by atoms with E-state index in [1.54, 1.807) is 22.8 Å². The van der Waals surface area contributed by atoms with Crippen molar-refractivity contribution >= 4 is 17.0 Å². The zero-order chi connectivity index (χ0) is 10.8. The maximum atomic E-state index is 10.4. The molecule has 0 saturated heterocycles. The van der Waals surface area contributed by atoms with Gasteiger partial charge in [-0.05, 0) is 12.1 Å². The van der Waals surface area contributed by atoms with E-state index in [1.165, 1.54) is 6.33 Å². The minimum Gasteiger partial charge on any atom is -0.506 e. The summed E-state index contributed by atoms with van der Waals surface area (Å²) in [6, 6.07) is 5.03. The summed E-state index contributed by atoms with van der Waals surface area (Å²) in [6.45, 7) is 0.309. The number of phenolic OH excluding ortho intramolecular Hbond substituents is 1. The SMILES string of the molecule is O=C(O)CCn1cnc2cccc(O)c21. The molecule has 2 aromatic rings. The molecule has 0 amide bonds. The Morgan fingerprint density at radius 1 is 1.47 bits per heavy atom. The third kappa shape index (κ3) is 1.76. The molecule has 5 heteroatoms. The highest BCUT2D eigenvalue weighted by molar-refractivity contribution is 5.81. The van der Waals surface area contributed by atoms with Crippen molar-refractivity contribution in [3.8, 4) is 5.75 Å². The lowest BCUT2D eigenvalue weighted by Gasteiger charge is -2.02. The first-order valence-corrected chi connectivity index (χ1v) is 4.53. The van der Waals surface area contributed by atoms with E-state index < -0.39 is 5.97 Å². The van der Waals surface area contributed by atoms with Gasteiger partial charge in [0.2, 0.25) is 0 Å². The van der Waals surface area contributed by atoms with Crippen LogP contribution in [-0.2, 0) is 11.3 Å². The average molecular weight is 206 g/mol. The minimum absolute atomic E-state index is 0.0137. The van der Waals surface area contributed by atoms with Gasteiger partial charge in [0.1, 0.15) is 11.3 Å². The van der Waals surface area contributed by atoms with Gasteiger partial charge in [0.05, 0.1) is 18.3 Å². The Morgan fingerprint density at radius 3 is 3.00 bits per heavy atom. The van der Waals surface area contributed by atoms with E-state index in [0.29, 0.717) is 17.6 Å². The molecule has 0 atom stereocenters. The van der Waals surface area contributed by atoms with Gasteiger partial charge in [-0.3, -0.25) is 4.79 Å². The highest BCUT2D eigenvalue weighted by Gasteiger charge is 2.07. The van der Waals surface area contributed by atoms with Crippen LogP contribution in [0.5, 0.6) is 5.75 Å². The molecule has 1 aromatic heterocycles. The number of aliphatic carboxylic acids is 1. The van der Waals surface area contributed by atoms with E-state index in [4.69, 9.17) is 5.11 Å². The van der Waals surface area contributed by atoms with Gasteiger partial charge >= 0.3 is 5.97 Å². The number of fused-ring (bicyclic) bond motifs is 1. The van der Waals surface area contributed by atoms with E-state index >= 15 is 0 Å². The van der Waals surface area contributed by atoms with E-state index in [1.807, 2.05) is 0 Å². The molecule has 78 valence electrons. The number of carboxylic acid groups (broad SMARTS) is 1. The number of para-hydroxylation sites is 1. The molecule has 0 aliphatic carbocycles. The molecule has 2 rings (SSSR count). The Balaban J connectivity index is 2.39. The molecule has 0 aliphatic heterocycles. The Labute approximate surface area is 85.6 Å². The summed E-state index contributed by atoms with van der Waals surface area (Å²) in [7, 11) is 0. The van der Waals surface area contributed by atoms with Gasteiger partial charge in [-0.2, -0.15) is 0 Å². The molecule has 0 bridgehead atoms. The largest absolute Gasteiger partial charge is 0.506 e. The molecule has 0 aliphatic rings. The van der Waals surface area contributed by atoms with Gasteiger partial charge < -0.3 is 14.8 Å². The topological polar surface area (TPSA) is 75.3 Å². The third-order valence-electron chi connectivity index (χ3n) is 2.18. The number of benzene rings is 1. The number of carbonyl (C=O) groups is 1. The van der Waals surface area contributed by atoms with E-state index in [0.717, 1.165) is 0 Å². The molecule has 5 nitrogen and oxygen atoms in total. The summed E-state index contributed by atoms with van der Waals surface area (Å²) >= 11 is 0. The quantitative estimate of drug-likeness (QED) is 0.791. The number of carboxylic acids is 1. The van der Waals surface area contributed by atoms with Crippen molar-refractivity contribution in [2.24, 2.45) is 0 Å². The summed E-state index contributed by atoms with van der Waals surface area (Å²) < 4.78 is 1.64. The van der Waals surface area contributed by atoms with Crippen LogP contribution in [0, 0.1) is 0 Å². The van der Waals surface area contributed by atoms with Gasteiger partial charge in [-0.15, -0.1) is 0 Å². The number of imidazole rings is 1. The van der Waals surface area contributed by atoms with Crippen LogP contribution < -0.4 is 0 Å². The van der Waals surface area contributed by atoms with Crippen molar-refractivity contribution in [3.63, 3.8) is 0 Å². The van der Waals surface area contributed by atoms with Crippen molar-refractivity contribution in [1.82, 2.24) is 9.55 Å². The Morgan fingerprint density at radius 2 is 2.27 bits per heavy atom. The fraction of sp³-hybridized carbons (Fsp3) is 0.200. The predicted molar refractivity (Wildman–Crippen MR) is 53.7 cm³/mol. The fourth-order valence-electron chi connectivity index (χ4n) is 1.49.